The van der Waals surface area contributed by atoms with Crippen LogP contribution in [-0.2, 0) is 16.1 Å². The Balaban J connectivity index is 2.34. The lowest BCUT2D eigenvalue weighted by atomic mass is 10.0. The largest absolute Gasteiger partial charge is 0.395 e. The van der Waals surface area contributed by atoms with Gasteiger partial charge in [0.2, 0.25) is 11.8 Å². The van der Waals surface area contributed by atoms with Gasteiger partial charge in [0, 0.05) is 20.0 Å². The fourth-order valence-corrected chi connectivity index (χ4v) is 2.55. The first kappa shape index (κ1) is 17.7. The Morgan fingerprint density at radius 3 is 2.17 bits per heavy atom. The van der Waals surface area contributed by atoms with Crippen LogP contribution in [0.15, 0.2) is 60.7 Å². The smallest absolute Gasteiger partial charge is 0.247 e. The number of nitrogens with one attached hydrogen (secondary N) is 1. The third-order valence-corrected chi connectivity index (χ3v) is 3.69. The molecule has 0 aliphatic carbocycles. The van der Waals surface area contributed by atoms with Gasteiger partial charge in [-0.2, -0.15) is 0 Å². The van der Waals surface area contributed by atoms with Gasteiger partial charge in [0.15, 0.2) is 0 Å². The number of hydrogen-bond acceptors (Lipinski definition) is 3. The van der Waals surface area contributed by atoms with Crippen molar-refractivity contribution in [3.05, 3.63) is 71.8 Å². The van der Waals surface area contributed by atoms with E-state index in [-0.39, 0.29) is 25.0 Å². The second kappa shape index (κ2) is 8.84. The van der Waals surface area contributed by atoms with Gasteiger partial charge in [-0.05, 0) is 11.1 Å². The summed E-state index contributed by atoms with van der Waals surface area (Å²) >= 11 is 0. The molecule has 0 saturated heterocycles. The van der Waals surface area contributed by atoms with Crippen LogP contribution < -0.4 is 5.32 Å². The molecular weight excluding hydrogens is 304 g/mol. The highest BCUT2D eigenvalue weighted by molar-refractivity contribution is 5.88. The Morgan fingerprint density at radius 1 is 1.04 bits per heavy atom. The van der Waals surface area contributed by atoms with Gasteiger partial charge in [-0.15, -0.1) is 0 Å². The molecule has 2 amide bonds. The standard InChI is InChI=1S/C19H22N2O3/c1-15(23)21(14-16-8-4-2-5-9-16)18(19(24)20-12-13-22)17-10-6-3-7-11-17/h2-11,18,22H,12-14H2,1H3,(H,20,24)/t18-/m0/s1. The van der Waals surface area contributed by atoms with Gasteiger partial charge in [0.1, 0.15) is 6.04 Å². The quantitative estimate of drug-likeness (QED) is 0.816. The number of carbonyl (C=O) groups is 2. The first-order valence-corrected chi connectivity index (χ1v) is 7.88. The molecule has 0 aromatic heterocycles. The number of nitrogens with zero attached hydrogens (tertiary/aromatic N) is 1. The predicted molar refractivity (Wildman–Crippen MR) is 91.9 cm³/mol. The fourth-order valence-electron chi connectivity index (χ4n) is 2.55. The molecule has 126 valence electrons. The first-order valence-electron chi connectivity index (χ1n) is 7.88. The van der Waals surface area contributed by atoms with Gasteiger partial charge in [0.05, 0.1) is 6.61 Å². The Bertz CT molecular complexity index is 659. The Morgan fingerprint density at radius 2 is 1.62 bits per heavy atom. The lowest BCUT2D eigenvalue weighted by Crippen LogP contribution is -2.43. The van der Waals surface area contributed by atoms with Crippen molar-refractivity contribution in [2.24, 2.45) is 0 Å². The number of benzene rings is 2. The maximum absolute atomic E-state index is 12.6. The molecule has 0 aliphatic heterocycles. The monoisotopic (exact) mass is 326 g/mol. The third kappa shape index (κ3) is 4.67. The molecule has 1 atom stereocenters. The zero-order chi connectivity index (χ0) is 17.4. The summed E-state index contributed by atoms with van der Waals surface area (Å²) in [6, 6.07) is 18.0. The van der Waals surface area contributed by atoms with E-state index in [1.165, 1.54) is 11.8 Å². The van der Waals surface area contributed by atoms with Crippen LogP contribution in [-0.4, -0.2) is 35.0 Å². The molecule has 0 fully saturated rings. The van der Waals surface area contributed by atoms with E-state index in [4.69, 9.17) is 5.11 Å². The van der Waals surface area contributed by atoms with Crippen molar-refractivity contribution in [1.82, 2.24) is 10.2 Å². The van der Waals surface area contributed by atoms with E-state index in [1.807, 2.05) is 60.7 Å². The number of aliphatic hydroxyl groups is 1. The van der Waals surface area contributed by atoms with Crippen molar-refractivity contribution < 1.29 is 14.7 Å². The molecule has 0 unspecified atom stereocenters. The number of hydrogen-bond donors (Lipinski definition) is 2. The summed E-state index contributed by atoms with van der Waals surface area (Å²) in [5, 5.41) is 11.6. The van der Waals surface area contributed by atoms with Crippen molar-refractivity contribution in [1.29, 1.82) is 0 Å². The van der Waals surface area contributed by atoms with Crippen LogP contribution >= 0.6 is 0 Å². The second-order valence-corrected chi connectivity index (χ2v) is 5.46. The molecule has 2 N–H and O–H groups in total. The molecule has 0 radical (unpaired) electrons. The summed E-state index contributed by atoms with van der Waals surface area (Å²) < 4.78 is 0. The average molecular weight is 326 g/mol. The summed E-state index contributed by atoms with van der Waals surface area (Å²) in [4.78, 5) is 26.4. The molecule has 5 nitrogen and oxygen atoms in total. The fraction of sp³-hybridized carbons (Fsp3) is 0.263. The van der Waals surface area contributed by atoms with Crippen LogP contribution in [0.1, 0.15) is 24.1 Å². The number of aliphatic hydroxyl groups excluding tert-OH is 1. The van der Waals surface area contributed by atoms with Crippen molar-refractivity contribution in [3.63, 3.8) is 0 Å². The second-order valence-electron chi connectivity index (χ2n) is 5.46. The maximum Gasteiger partial charge on any atom is 0.247 e. The van der Waals surface area contributed by atoms with Crippen molar-refractivity contribution in [3.8, 4) is 0 Å². The molecule has 0 heterocycles. The van der Waals surface area contributed by atoms with E-state index in [9.17, 15) is 9.59 Å². The lowest BCUT2D eigenvalue weighted by Gasteiger charge is -2.30. The minimum absolute atomic E-state index is 0.147. The molecular formula is C19H22N2O3. The van der Waals surface area contributed by atoms with E-state index >= 15 is 0 Å². The highest BCUT2D eigenvalue weighted by atomic mass is 16.3. The summed E-state index contributed by atoms with van der Waals surface area (Å²) in [6.45, 7) is 1.80. The van der Waals surface area contributed by atoms with Gasteiger partial charge >= 0.3 is 0 Å². The molecule has 0 aliphatic rings. The zero-order valence-corrected chi connectivity index (χ0v) is 13.7. The van der Waals surface area contributed by atoms with Crippen LogP contribution in [0.25, 0.3) is 0 Å². The average Bonchev–Trinajstić information content (AvgIpc) is 2.61. The number of rotatable bonds is 7. The Hall–Kier alpha value is -2.66. The molecule has 2 aromatic rings. The van der Waals surface area contributed by atoms with Crippen LogP contribution in [0.4, 0.5) is 0 Å². The molecule has 5 heteroatoms. The van der Waals surface area contributed by atoms with Gasteiger partial charge < -0.3 is 15.3 Å². The number of carbonyl (C=O) groups excluding carboxylic acids is 2. The topological polar surface area (TPSA) is 69.6 Å². The summed E-state index contributed by atoms with van der Waals surface area (Å²) in [5.74, 6) is -0.492. The van der Waals surface area contributed by atoms with Crippen LogP contribution in [0.5, 0.6) is 0 Å². The summed E-state index contributed by atoms with van der Waals surface area (Å²) in [6.07, 6.45) is 0. The highest BCUT2D eigenvalue weighted by Crippen LogP contribution is 2.23. The minimum Gasteiger partial charge on any atom is -0.395 e. The number of amides is 2. The van der Waals surface area contributed by atoms with E-state index in [0.29, 0.717) is 6.54 Å². The third-order valence-electron chi connectivity index (χ3n) is 3.69. The molecule has 0 saturated carbocycles. The Kier molecular flexibility index (Phi) is 6.51. The van der Waals surface area contributed by atoms with E-state index in [2.05, 4.69) is 5.32 Å². The normalized spacial score (nSPS) is 11.6. The van der Waals surface area contributed by atoms with E-state index in [1.54, 1.807) is 0 Å². The zero-order valence-electron chi connectivity index (χ0n) is 13.7. The van der Waals surface area contributed by atoms with Gasteiger partial charge in [-0.3, -0.25) is 9.59 Å². The van der Waals surface area contributed by atoms with Gasteiger partial charge in [-0.1, -0.05) is 60.7 Å². The maximum atomic E-state index is 12.6. The van der Waals surface area contributed by atoms with Crippen LogP contribution in [0, 0.1) is 0 Å². The molecule has 2 rings (SSSR count). The Labute approximate surface area is 141 Å². The molecule has 0 spiro atoms. The lowest BCUT2D eigenvalue weighted by molar-refractivity contribution is -0.140. The van der Waals surface area contributed by atoms with Gasteiger partial charge in [-0.25, -0.2) is 0 Å². The minimum atomic E-state index is -0.740. The van der Waals surface area contributed by atoms with Crippen LogP contribution in [0.2, 0.25) is 0 Å². The summed E-state index contributed by atoms with van der Waals surface area (Å²) in [7, 11) is 0. The first-order chi connectivity index (χ1) is 11.6. The van der Waals surface area contributed by atoms with Crippen molar-refractivity contribution in [2.45, 2.75) is 19.5 Å². The highest BCUT2D eigenvalue weighted by Gasteiger charge is 2.29. The van der Waals surface area contributed by atoms with E-state index < -0.39 is 6.04 Å². The van der Waals surface area contributed by atoms with Crippen molar-refractivity contribution >= 4 is 11.8 Å². The van der Waals surface area contributed by atoms with E-state index in [0.717, 1.165) is 11.1 Å². The van der Waals surface area contributed by atoms with Crippen LogP contribution in [0.3, 0.4) is 0 Å². The molecule has 24 heavy (non-hydrogen) atoms. The summed E-state index contributed by atoms with van der Waals surface area (Å²) in [5.41, 5.74) is 1.68. The van der Waals surface area contributed by atoms with Crippen molar-refractivity contribution in [2.75, 3.05) is 13.2 Å². The molecule has 0 bridgehead atoms. The molecule has 2 aromatic carbocycles. The SMILES string of the molecule is CC(=O)N(Cc1ccccc1)[C@H](C(=O)NCCO)c1ccccc1. The predicted octanol–water partition coefficient (Wildman–Crippen LogP) is 1.88. The van der Waals surface area contributed by atoms with Gasteiger partial charge in [0.25, 0.3) is 0 Å².